The number of hydrogen-bond acceptors (Lipinski definition) is 2. The largest absolute Gasteiger partial charge is 0.489 e. The van der Waals surface area contributed by atoms with Gasteiger partial charge in [0.15, 0.2) is 17.9 Å². The summed E-state index contributed by atoms with van der Waals surface area (Å²) in [4.78, 5) is 10.5. The zero-order chi connectivity index (χ0) is 10.6. The molecule has 0 unspecified atom stereocenters. The van der Waals surface area contributed by atoms with Gasteiger partial charge in [-0.3, -0.25) is 4.79 Å². The van der Waals surface area contributed by atoms with Crippen LogP contribution in [0.4, 0.5) is 8.78 Å². The molecule has 0 heterocycles. The molecule has 0 radical (unpaired) electrons. The molecule has 2 nitrogen and oxygen atoms in total. The summed E-state index contributed by atoms with van der Waals surface area (Å²) in [5, 5.41) is 0. The van der Waals surface area contributed by atoms with Crippen molar-refractivity contribution in [2.45, 2.75) is 0 Å². The molecule has 74 valence electrons. The Balaban J connectivity index is 3.10. The summed E-state index contributed by atoms with van der Waals surface area (Å²) in [6, 6.07) is 2.10. The van der Waals surface area contributed by atoms with Crippen molar-refractivity contribution in [1.82, 2.24) is 0 Å². The van der Waals surface area contributed by atoms with E-state index in [-0.39, 0.29) is 18.6 Å². The first-order valence-corrected chi connectivity index (χ1v) is 3.87. The average Bonchev–Trinajstić information content (AvgIpc) is 2.20. The zero-order valence-electron chi connectivity index (χ0n) is 7.30. The van der Waals surface area contributed by atoms with E-state index in [0.717, 1.165) is 6.07 Å². The standard InChI is InChI=1S/C10H8F2O2/c1-2-5-14-9-4-3-8(11)10(12)7(9)6-13/h2-4,6H,1,5H2. The van der Waals surface area contributed by atoms with E-state index in [0.29, 0.717) is 0 Å². The zero-order valence-corrected chi connectivity index (χ0v) is 7.30. The van der Waals surface area contributed by atoms with Gasteiger partial charge in [-0.15, -0.1) is 0 Å². The molecule has 0 atom stereocenters. The molecule has 1 aromatic carbocycles. The fourth-order valence-electron chi connectivity index (χ4n) is 0.933. The van der Waals surface area contributed by atoms with Crippen molar-refractivity contribution in [2.75, 3.05) is 6.61 Å². The molecule has 0 bridgehead atoms. The van der Waals surface area contributed by atoms with Gasteiger partial charge < -0.3 is 4.74 Å². The normalized spacial score (nSPS) is 9.57. The van der Waals surface area contributed by atoms with E-state index in [1.807, 2.05) is 0 Å². The van der Waals surface area contributed by atoms with Crippen LogP contribution in [0.1, 0.15) is 10.4 Å². The van der Waals surface area contributed by atoms with Crippen LogP contribution in [0.15, 0.2) is 24.8 Å². The van der Waals surface area contributed by atoms with Crippen molar-refractivity contribution in [3.8, 4) is 5.75 Å². The second kappa shape index (κ2) is 4.50. The Morgan fingerprint density at radius 1 is 1.43 bits per heavy atom. The Kier molecular flexibility index (Phi) is 3.34. The molecule has 0 amide bonds. The fraction of sp³-hybridized carbons (Fsp3) is 0.100. The molecule has 0 aromatic heterocycles. The van der Waals surface area contributed by atoms with Gasteiger partial charge in [-0.05, 0) is 12.1 Å². The highest BCUT2D eigenvalue weighted by Crippen LogP contribution is 2.21. The number of aldehydes is 1. The molecule has 0 spiro atoms. The Bertz CT molecular complexity index is 361. The number of carbonyl (C=O) groups is 1. The van der Waals surface area contributed by atoms with Gasteiger partial charge in [0.1, 0.15) is 12.4 Å². The number of carbonyl (C=O) groups excluding carboxylic acids is 1. The molecule has 14 heavy (non-hydrogen) atoms. The van der Waals surface area contributed by atoms with Gasteiger partial charge in [0.2, 0.25) is 0 Å². The molecule has 0 N–H and O–H groups in total. The summed E-state index contributed by atoms with van der Waals surface area (Å²) >= 11 is 0. The number of ether oxygens (including phenoxy) is 1. The number of benzene rings is 1. The van der Waals surface area contributed by atoms with E-state index in [2.05, 4.69) is 6.58 Å². The van der Waals surface area contributed by atoms with Crippen LogP contribution in [0.2, 0.25) is 0 Å². The van der Waals surface area contributed by atoms with E-state index in [1.165, 1.54) is 12.1 Å². The maximum atomic E-state index is 13.0. The summed E-state index contributed by atoms with van der Waals surface area (Å²) in [5.74, 6) is -2.25. The van der Waals surface area contributed by atoms with Crippen molar-refractivity contribution >= 4 is 6.29 Å². The highest BCUT2D eigenvalue weighted by atomic mass is 19.2. The Labute approximate surface area is 79.8 Å². The second-order valence-corrected chi connectivity index (χ2v) is 2.49. The first-order valence-electron chi connectivity index (χ1n) is 3.87. The number of halogens is 2. The lowest BCUT2D eigenvalue weighted by atomic mass is 10.2. The van der Waals surface area contributed by atoms with Gasteiger partial charge in [0.05, 0.1) is 5.56 Å². The third-order valence-corrected chi connectivity index (χ3v) is 1.57. The first-order chi connectivity index (χ1) is 6.70. The lowest BCUT2D eigenvalue weighted by molar-refractivity contribution is 0.111. The van der Waals surface area contributed by atoms with Gasteiger partial charge in [-0.2, -0.15) is 0 Å². The van der Waals surface area contributed by atoms with Gasteiger partial charge >= 0.3 is 0 Å². The Hall–Kier alpha value is -1.71. The summed E-state index contributed by atoms with van der Waals surface area (Å²) in [6.45, 7) is 3.52. The van der Waals surface area contributed by atoms with Crippen molar-refractivity contribution < 1.29 is 18.3 Å². The molecule has 1 aromatic rings. The van der Waals surface area contributed by atoms with Crippen molar-refractivity contribution in [2.24, 2.45) is 0 Å². The topological polar surface area (TPSA) is 26.3 Å². The van der Waals surface area contributed by atoms with Crippen LogP contribution in [-0.4, -0.2) is 12.9 Å². The predicted molar refractivity (Wildman–Crippen MR) is 47.4 cm³/mol. The molecule has 4 heteroatoms. The molecule has 0 aliphatic carbocycles. The summed E-state index contributed by atoms with van der Waals surface area (Å²) in [5.41, 5.74) is -0.410. The third-order valence-electron chi connectivity index (χ3n) is 1.57. The minimum Gasteiger partial charge on any atom is -0.489 e. The number of rotatable bonds is 4. The fourth-order valence-corrected chi connectivity index (χ4v) is 0.933. The quantitative estimate of drug-likeness (QED) is 0.548. The van der Waals surface area contributed by atoms with E-state index >= 15 is 0 Å². The third kappa shape index (κ3) is 1.96. The molecule has 0 fully saturated rings. The minimum atomic E-state index is -1.19. The molecular weight excluding hydrogens is 190 g/mol. The molecule has 0 saturated heterocycles. The van der Waals surface area contributed by atoms with E-state index < -0.39 is 17.2 Å². The first kappa shape index (κ1) is 10.4. The second-order valence-electron chi connectivity index (χ2n) is 2.49. The monoisotopic (exact) mass is 198 g/mol. The number of hydrogen-bond donors (Lipinski definition) is 0. The lowest BCUT2D eigenvalue weighted by Crippen LogP contribution is -2.01. The molecule has 0 saturated carbocycles. The van der Waals surface area contributed by atoms with Crippen LogP contribution in [0.25, 0.3) is 0 Å². The van der Waals surface area contributed by atoms with Gasteiger partial charge in [0, 0.05) is 0 Å². The van der Waals surface area contributed by atoms with E-state index in [1.54, 1.807) is 0 Å². The maximum Gasteiger partial charge on any atom is 0.173 e. The highest BCUT2D eigenvalue weighted by Gasteiger charge is 2.13. The SMILES string of the molecule is C=CCOc1ccc(F)c(F)c1C=O. The Morgan fingerprint density at radius 3 is 2.71 bits per heavy atom. The van der Waals surface area contributed by atoms with Crippen LogP contribution in [0, 0.1) is 11.6 Å². The van der Waals surface area contributed by atoms with E-state index in [9.17, 15) is 13.6 Å². The van der Waals surface area contributed by atoms with Crippen LogP contribution >= 0.6 is 0 Å². The van der Waals surface area contributed by atoms with E-state index in [4.69, 9.17) is 4.74 Å². The Morgan fingerprint density at radius 2 is 2.14 bits per heavy atom. The predicted octanol–water partition coefficient (Wildman–Crippen LogP) is 2.34. The van der Waals surface area contributed by atoms with Crippen molar-refractivity contribution in [3.63, 3.8) is 0 Å². The molecule has 0 aliphatic rings. The van der Waals surface area contributed by atoms with Crippen LogP contribution < -0.4 is 4.74 Å². The van der Waals surface area contributed by atoms with Gasteiger partial charge in [0.25, 0.3) is 0 Å². The van der Waals surface area contributed by atoms with Crippen molar-refractivity contribution in [3.05, 3.63) is 42.0 Å². The lowest BCUT2D eigenvalue weighted by Gasteiger charge is -2.06. The van der Waals surface area contributed by atoms with Gasteiger partial charge in [-0.1, -0.05) is 12.7 Å². The summed E-state index contributed by atoms with van der Waals surface area (Å²) < 4.78 is 30.6. The average molecular weight is 198 g/mol. The highest BCUT2D eigenvalue weighted by molar-refractivity contribution is 5.79. The molecule has 1 rings (SSSR count). The summed E-state index contributed by atoms with van der Waals surface area (Å²) in [6.07, 6.45) is 1.66. The summed E-state index contributed by atoms with van der Waals surface area (Å²) in [7, 11) is 0. The van der Waals surface area contributed by atoms with Crippen LogP contribution in [0.5, 0.6) is 5.75 Å². The molecule has 0 aliphatic heterocycles. The smallest absolute Gasteiger partial charge is 0.173 e. The minimum absolute atomic E-state index is 0.0128. The van der Waals surface area contributed by atoms with Crippen molar-refractivity contribution in [1.29, 1.82) is 0 Å². The van der Waals surface area contributed by atoms with Gasteiger partial charge in [-0.25, -0.2) is 8.78 Å². The molecular formula is C10H8F2O2. The van der Waals surface area contributed by atoms with Crippen LogP contribution in [-0.2, 0) is 0 Å². The van der Waals surface area contributed by atoms with Crippen LogP contribution in [0.3, 0.4) is 0 Å². The maximum absolute atomic E-state index is 13.0.